The summed E-state index contributed by atoms with van der Waals surface area (Å²) in [6, 6.07) is 5.72. The zero-order chi connectivity index (χ0) is 37.8. The number of carboxylic acid groups (broad SMARTS) is 1. The summed E-state index contributed by atoms with van der Waals surface area (Å²) in [6.45, 7) is 15.4. The second-order valence-electron chi connectivity index (χ2n) is 15.8. The van der Waals surface area contributed by atoms with Crippen molar-refractivity contribution >= 4 is 23.6 Å². The number of rotatable bonds is 8. The molecule has 1 saturated heterocycles. The molecule has 9 nitrogen and oxygen atoms in total. The molecule has 3 aliphatic heterocycles. The van der Waals surface area contributed by atoms with Crippen molar-refractivity contribution in [1.82, 2.24) is 4.98 Å². The lowest BCUT2D eigenvalue weighted by Gasteiger charge is -2.56. The molecule has 1 aromatic heterocycles. The number of carbonyl (C=O) groups excluding carboxylic acids is 2. The first-order valence-corrected chi connectivity index (χ1v) is 18.0. The van der Waals surface area contributed by atoms with E-state index in [1.54, 1.807) is 18.5 Å². The number of aromatic nitrogens is 1. The normalized spacial score (nSPS) is 28.5. The Labute approximate surface area is 305 Å². The lowest BCUT2D eigenvalue weighted by atomic mass is 9.51. The number of benzene rings is 1. The maximum absolute atomic E-state index is 14.7. The Morgan fingerprint density at radius 3 is 2.25 bits per heavy atom. The Morgan fingerprint density at radius 1 is 0.962 bits per heavy atom. The van der Waals surface area contributed by atoms with Crippen LogP contribution in [-0.4, -0.2) is 55.1 Å². The fourth-order valence-corrected chi connectivity index (χ4v) is 8.48. The number of fused-ring (bicyclic) bond motifs is 2. The standard InChI is InChI=1S/C38H44O8.C5H5N/c1-20(2)10-9-15-36(8)16-14-24-29(39)28-30(40)26-18-23-19-27-35(6,7)46-37(33(23)41,17-13-22(5)34(42)43)38(26,27)45-32(28)25(31(24)44-36)12-11-21(3)4;1-2-4-6-5-3-1/h10-11,13-14,16,18,23,27,39H,9,12,15,17,19H2,1-8H3,(H,42,43);1-5H/b22-13+;/t23-,27?,36?,37?,38-;/m1./s1. The second kappa shape index (κ2) is 13.3. The zero-order valence-electron chi connectivity index (χ0n) is 31.3. The van der Waals surface area contributed by atoms with Gasteiger partial charge in [-0.25, -0.2) is 4.79 Å². The van der Waals surface area contributed by atoms with E-state index < -0.39 is 40.1 Å². The predicted molar refractivity (Wildman–Crippen MR) is 198 cm³/mol. The average Bonchev–Trinajstić information content (AvgIpc) is 3.24. The molecule has 274 valence electrons. The molecule has 4 heterocycles. The van der Waals surface area contributed by atoms with E-state index in [9.17, 15) is 24.6 Å². The molecular weight excluding hydrogens is 658 g/mol. The van der Waals surface area contributed by atoms with Gasteiger partial charge in [0.1, 0.15) is 28.4 Å². The van der Waals surface area contributed by atoms with Crippen LogP contribution < -0.4 is 9.47 Å². The highest BCUT2D eigenvalue weighted by Crippen LogP contribution is 2.68. The molecule has 2 fully saturated rings. The minimum Gasteiger partial charge on any atom is -0.506 e. The zero-order valence-corrected chi connectivity index (χ0v) is 31.3. The number of hydrogen-bond donors (Lipinski definition) is 2. The van der Waals surface area contributed by atoms with Crippen molar-refractivity contribution < 1.29 is 38.8 Å². The van der Waals surface area contributed by atoms with E-state index in [-0.39, 0.29) is 40.8 Å². The van der Waals surface area contributed by atoms with Gasteiger partial charge in [-0.2, -0.15) is 0 Å². The van der Waals surface area contributed by atoms with Crippen LogP contribution in [0.25, 0.3) is 6.08 Å². The van der Waals surface area contributed by atoms with Gasteiger partial charge in [0.25, 0.3) is 0 Å². The Hall–Kier alpha value is -4.76. The van der Waals surface area contributed by atoms with Gasteiger partial charge in [0.15, 0.2) is 22.8 Å². The number of pyridine rings is 1. The Bertz CT molecular complexity index is 1950. The van der Waals surface area contributed by atoms with Crippen LogP contribution in [0.15, 0.2) is 83.3 Å². The maximum Gasteiger partial charge on any atom is 0.330 e. The molecule has 9 heteroatoms. The third-order valence-corrected chi connectivity index (χ3v) is 11.1. The van der Waals surface area contributed by atoms with Crippen molar-refractivity contribution in [1.29, 1.82) is 0 Å². The lowest BCUT2D eigenvalue weighted by molar-refractivity contribution is -0.171. The van der Waals surface area contributed by atoms with E-state index in [2.05, 4.69) is 24.9 Å². The molecule has 3 aliphatic carbocycles. The lowest BCUT2D eigenvalue weighted by Crippen LogP contribution is -2.72. The topological polar surface area (TPSA) is 132 Å². The van der Waals surface area contributed by atoms with Gasteiger partial charge >= 0.3 is 5.97 Å². The van der Waals surface area contributed by atoms with E-state index in [1.165, 1.54) is 18.6 Å². The first-order chi connectivity index (χ1) is 24.5. The number of Topliss-reactive ketones (excluding diaryl/α,β-unsaturated/α-hetero) is 2. The molecule has 2 N–H and O–H groups in total. The van der Waals surface area contributed by atoms with Crippen molar-refractivity contribution in [2.45, 2.75) is 110 Å². The SMILES string of the molecule is CC(C)=CCCC1(C)C=Cc2c(O)c3c(c(CC=C(C)C)c2O1)O[C@]12C(=C[C@@H]4CC1C(C)(C)OC2(C/C=C(\C)C(=O)O)C4=O)C3=O.c1ccncc1. The van der Waals surface area contributed by atoms with Crippen LogP contribution in [0.4, 0.5) is 0 Å². The molecule has 0 amide bonds. The molecule has 4 bridgehead atoms. The number of carboxylic acids is 1. The molecule has 6 aliphatic rings. The Morgan fingerprint density at radius 2 is 1.65 bits per heavy atom. The van der Waals surface area contributed by atoms with Gasteiger partial charge in [0, 0.05) is 47.4 Å². The summed E-state index contributed by atoms with van der Waals surface area (Å²) >= 11 is 0. The fourth-order valence-electron chi connectivity index (χ4n) is 8.48. The number of ketones is 2. The van der Waals surface area contributed by atoms with Gasteiger partial charge in [-0.3, -0.25) is 14.6 Å². The summed E-state index contributed by atoms with van der Waals surface area (Å²) in [5.74, 6) is -2.28. The van der Waals surface area contributed by atoms with E-state index in [0.717, 1.165) is 12.0 Å². The summed E-state index contributed by atoms with van der Waals surface area (Å²) < 4.78 is 20.6. The molecular formula is C43H49NO8. The van der Waals surface area contributed by atoms with Crippen molar-refractivity contribution in [2.24, 2.45) is 11.8 Å². The number of carbonyl (C=O) groups is 3. The Kier molecular flexibility index (Phi) is 9.49. The molecule has 5 atom stereocenters. The number of phenolic OH excluding ortho intramolecular Hbond substituents is 1. The number of allylic oxidation sites excluding steroid dienone is 5. The highest BCUT2D eigenvalue weighted by atomic mass is 16.6. The number of aromatic hydroxyl groups is 1. The van der Waals surface area contributed by atoms with Crippen LogP contribution in [0, 0.1) is 11.8 Å². The van der Waals surface area contributed by atoms with Crippen molar-refractivity contribution in [2.75, 3.05) is 0 Å². The van der Waals surface area contributed by atoms with E-state index in [0.29, 0.717) is 41.7 Å². The third kappa shape index (κ3) is 5.93. The molecule has 3 unspecified atom stereocenters. The first kappa shape index (κ1) is 37.0. The number of nitrogens with zero attached hydrogens (tertiary/aromatic N) is 1. The minimum absolute atomic E-state index is 0.0544. The summed E-state index contributed by atoms with van der Waals surface area (Å²) in [5.41, 5.74) is -0.952. The molecule has 2 aromatic rings. The average molecular weight is 708 g/mol. The number of ether oxygens (including phenoxy) is 3. The number of hydrogen-bond acceptors (Lipinski definition) is 8. The highest BCUT2D eigenvalue weighted by molar-refractivity contribution is 6.19. The molecule has 1 spiro atoms. The van der Waals surface area contributed by atoms with Crippen LogP contribution >= 0.6 is 0 Å². The second-order valence-corrected chi connectivity index (χ2v) is 15.8. The van der Waals surface area contributed by atoms with Crippen molar-refractivity contribution in [3.05, 3.63) is 100.0 Å². The van der Waals surface area contributed by atoms with Crippen molar-refractivity contribution in [3.63, 3.8) is 0 Å². The van der Waals surface area contributed by atoms with Crippen LogP contribution in [-0.2, 0) is 20.7 Å². The summed E-state index contributed by atoms with van der Waals surface area (Å²) in [6.07, 6.45) is 16.9. The van der Waals surface area contributed by atoms with Gasteiger partial charge in [-0.1, -0.05) is 41.5 Å². The van der Waals surface area contributed by atoms with Gasteiger partial charge in [0.05, 0.1) is 11.2 Å². The third-order valence-electron chi connectivity index (χ3n) is 11.1. The van der Waals surface area contributed by atoms with E-state index in [4.69, 9.17) is 14.2 Å². The van der Waals surface area contributed by atoms with E-state index >= 15 is 0 Å². The van der Waals surface area contributed by atoms with Gasteiger partial charge in [-0.15, -0.1) is 0 Å². The maximum atomic E-state index is 14.7. The largest absolute Gasteiger partial charge is 0.506 e. The fraction of sp³-hybridized carbons (Fsp3) is 0.442. The molecule has 0 radical (unpaired) electrons. The van der Waals surface area contributed by atoms with Crippen LogP contribution in [0.2, 0.25) is 0 Å². The Balaban J connectivity index is 0.000000703. The molecule has 8 rings (SSSR count). The quantitative estimate of drug-likeness (QED) is 0.205. The predicted octanol–water partition coefficient (Wildman–Crippen LogP) is 8.32. The van der Waals surface area contributed by atoms with Gasteiger partial charge < -0.3 is 24.4 Å². The van der Waals surface area contributed by atoms with E-state index in [1.807, 2.05) is 71.0 Å². The minimum atomic E-state index is -1.63. The monoisotopic (exact) mass is 707 g/mol. The smallest absolute Gasteiger partial charge is 0.330 e. The number of phenols is 1. The summed E-state index contributed by atoms with van der Waals surface area (Å²) in [4.78, 5) is 44.6. The van der Waals surface area contributed by atoms with Gasteiger partial charge in [0.2, 0.25) is 0 Å². The van der Waals surface area contributed by atoms with Gasteiger partial charge in [-0.05, 0) is 105 Å². The molecule has 52 heavy (non-hydrogen) atoms. The summed E-state index contributed by atoms with van der Waals surface area (Å²) in [7, 11) is 0. The molecule has 1 aromatic carbocycles. The molecule has 1 saturated carbocycles. The number of aliphatic carboxylic acids is 1. The highest BCUT2D eigenvalue weighted by Gasteiger charge is 2.81. The van der Waals surface area contributed by atoms with Crippen LogP contribution in [0.1, 0.15) is 103 Å². The summed E-state index contributed by atoms with van der Waals surface area (Å²) in [5, 5.41) is 21.4. The van der Waals surface area contributed by atoms with Crippen molar-refractivity contribution in [3.8, 4) is 17.2 Å². The van der Waals surface area contributed by atoms with Crippen LogP contribution in [0.5, 0.6) is 17.2 Å². The first-order valence-electron chi connectivity index (χ1n) is 18.0. The van der Waals surface area contributed by atoms with Crippen LogP contribution in [0.3, 0.4) is 0 Å².